The van der Waals surface area contributed by atoms with E-state index < -0.39 is 20.9 Å². The summed E-state index contributed by atoms with van der Waals surface area (Å²) in [6, 6.07) is 0. The third-order valence-corrected chi connectivity index (χ3v) is 2.42. The molecule has 0 amide bonds. The summed E-state index contributed by atoms with van der Waals surface area (Å²) in [5, 5.41) is 8.31. The van der Waals surface area contributed by atoms with Gasteiger partial charge in [0, 0.05) is 7.05 Å². The van der Waals surface area contributed by atoms with Crippen molar-refractivity contribution in [2.24, 2.45) is 12.2 Å². The lowest BCUT2D eigenvalue weighted by atomic mass is 10.5. The normalized spacial score (nSPS) is 12.0. The summed E-state index contributed by atoms with van der Waals surface area (Å²) in [5.41, 5.74) is 0.0671. The molecule has 7 heteroatoms. The number of halogens is 1. The summed E-state index contributed by atoms with van der Waals surface area (Å²) in [5.74, 6) is -0.935. The Balaban J connectivity index is 3.54. The molecule has 1 rings (SSSR count). The number of aryl methyl sites for hydroxylation is 2. The molecule has 68 valence electrons. The maximum absolute atomic E-state index is 13.0. The van der Waals surface area contributed by atoms with Crippen molar-refractivity contribution in [1.82, 2.24) is 9.78 Å². The standard InChI is InChI=1S/C5H8FN3O2S/c1-3-4(12(7,10)11)5(6)9(2)8-3/h1-2H3,(H2,7,10,11). The van der Waals surface area contributed by atoms with Gasteiger partial charge >= 0.3 is 0 Å². The molecule has 0 aliphatic rings. The second kappa shape index (κ2) is 2.53. The Kier molecular flexibility index (Phi) is 1.92. The Morgan fingerprint density at radius 1 is 1.58 bits per heavy atom. The van der Waals surface area contributed by atoms with Crippen molar-refractivity contribution in [2.45, 2.75) is 11.8 Å². The number of sulfonamides is 1. The van der Waals surface area contributed by atoms with Crippen molar-refractivity contribution in [3.8, 4) is 0 Å². The van der Waals surface area contributed by atoms with Gasteiger partial charge in [-0.05, 0) is 6.92 Å². The predicted octanol–water partition coefficient (Wildman–Crippen LogP) is -0.485. The molecule has 2 N–H and O–H groups in total. The molecule has 5 nitrogen and oxygen atoms in total. The molecule has 0 aliphatic heterocycles. The topological polar surface area (TPSA) is 78.0 Å². The van der Waals surface area contributed by atoms with Crippen LogP contribution in [-0.4, -0.2) is 18.2 Å². The zero-order valence-corrected chi connectivity index (χ0v) is 7.39. The summed E-state index contributed by atoms with van der Waals surface area (Å²) in [6.07, 6.45) is 0. The van der Waals surface area contributed by atoms with Gasteiger partial charge in [0.15, 0.2) is 4.90 Å². The summed E-state index contributed by atoms with van der Waals surface area (Å²) >= 11 is 0. The van der Waals surface area contributed by atoms with E-state index in [9.17, 15) is 12.8 Å². The number of nitrogens with zero attached hydrogens (tertiary/aromatic N) is 2. The molecule has 0 aliphatic carbocycles. The summed E-state index contributed by atoms with van der Waals surface area (Å²) in [7, 11) is -2.70. The largest absolute Gasteiger partial charge is 0.244 e. The van der Waals surface area contributed by atoms with Crippen LogP contribution in [-0.2, 0) is 17.1 Å². The molecule has 12 heavy (non-hydrogen) atoms. The van der Waals surface area contributed by atoms with Gasteiger partial charge in [0.05, 0.1) is 5.69 Å². The molecule has 0 spiro atoms. The monoisotopic (exact) mass is 193 g/mol. The van der Waals surface area contributed by atoms with E-state index in [0.29, 0.717) is 0 Å². The Labute approximate surface area is 69.0 Å². The maximum Gasteiger partial charge on any atom is 0.244 e. The van der Waals surface area contributed by atoms with Crippen LogP contribution in [0.1, 0.15) is 5.69 Å². The van der Waals surface area contributed by atoms with Crippen LogP contribution in [0.25, 0.3) is 0 Å². The van der Waals surface area contributed by atoms with Crippen LogP contribution in [0, 0.1) is 12.9 Å². The van der Waals surface area contributed by atoms with E-state index in [1.54, 1.807) is 0 Å². The van der Waals surface area contributed by atoms with Crippen molar-refractivity contribution < 1.29 is 12.8 Å². The van der Waals surface area contributed by atoms with Crippen LogP contribution < -0.4 is 5.14 Å². The average Bonchev–Trinajstić information content (AvgIpc) is 2.05. The molecule has 1 heterocycles. The van der Waals surface area contributed by atoms with E-state index >= 15 is 0 Å². The van der Waals surface area contributed by atoms with Gasteiger partial charge in [0.25, 0.3) is 0 Å². The van der Waals surface area contributed by atoms with Crippen LogP contribution in [0.3, 0.4) is 0 Å². The molecule has 1 aromatic heterocycles. The molecule has 0 saturated carbocycles. The Morgan fingerprint density at radius 2 is 2.08 bits per heavy atom. The third kappa shape index (κ3) is 1.32. The van der Waals surface area contributed by atoms with E-state index in [2.05, 4.69) is 5.10 Å². The Hall–Kier alpha value is -0.950. The van der Waals surface area contributed by atoms with Crippen LogP contribution in [0.5, 0.6) is 0 Å². The fourth-order valence-corrected chi connectivity index (χ4v) is 1.75. The quantitative estimate of drug-likeness (QED) is 0.654. The van der Waals surface area contributed by atoms with Crippen molar-refractivity contribution in [2.75, 3.05) is 0 Å². The van der Waals surface area contributed by atoms with Gasteiger partial charge in [-0.3, -0.25) is 0 Å². The molecule has 0 fully saturated rings. The minimum Gasteiger partial charge on any atom is -0.241 e. The number of hydrogen-bond donors (Lipinski definition) is 1. The molecular formula is C5H8FN3O2S. The fraction of sp³-hybridized carbons (Fsp3) is 0.400. The number of nitrogens with two attached hydrogens (primary N) is 1. The second-order valence-electron chi connectivity index (χ2n) is 2.37. The van der Waals surface area contributed by atoms with Gasteiger partial charge < -0.3 is 0 Å². The van der Waals surface area contributed by atoms with Gasteiger partial charge in [0.1, 0.15) is 0 Å². The molecule has 0 unspecified atom stereocenters. The first kappa shape index (κ1) is 9.14. The van der Waals surface area contributed by atoms with E-state index in [1.807, 2.05) is 0 Å². The fourth-order valence-electron chi connectivity index (χ4n) is 0.934. The van der Waals surface area contributed by atoms with Gasteiger partial charge in [-0.15, -0.1) is 0 Å². The van der Waals surface area contributed by atoms with Crippen molar-refractivity contribution in [3.05, 3.63) is 11.6 Å². The molecular weight excluding hydrogens is 185 g/mol. The minimum absolute atomic E-state index is 0.0671. The van der Waals surface area contributed by atoms with Crippen LogP contribution in [0.15, 0.2) is 4.90 Å². The third-order valence-electron chi connectivity index (χ3n) is 1.38. The van der Waals surface area contributed by atoms with E-state index in [4.69, 9.17) is 5.14 Å². The van der Waals surface area contributed by atoms with Crippen molar-refractivity contribution in [1.29, 1.82) is 0 Å². The number of rotatable bonds is 1. The highest BCUT2D eigenvalue weighted by molar-refractivity contribution is 7.89. The van der Waals surface area contributed by atoms with Crippen LogP contribution in [0.4, 0.5) is 4.39 Å². The van der Waals surface area contributed by atoms with Gasteiger partial charge in [-0.25, -0.2) is 18.2 Å². The number of aromatic nitrogens is 2. The lowest BCUT2D eigenvalue weighted by Crippen LogP contribution is -2.14. The Bertz CT molecular complexity index is 409. The molecule has 0 atom stereocenters. The van der Waals surface area contributed by atoms with Gasteiger partial charge in [-0.1, -0.05) is 0 Å². The Morgan fingerprint density at radius 3 is 2.25 bits per heavy atom. The summed E-state index contributed by atoms with van der Waals surface area (Å²) in [6.45, 7) is 1.38. The zero-order valence-electron chi connectivity index (χ0n) is 6.57. The van der Waals surface area contributed by atoms with E-state index in [1.165, 1.54) is 14.0 Å². The predicted molar refractivity (Wildman–Crippen MR) is 39.3 cm³/mol. The highest BCUT2D eigenvalue weighted by Crippen LogP contribution is 2.15. The first-order valence-corrected chi connectivity index (χ1v) is 4.60. The highest BCUT2D eigenvalue weighted by Gasteiger charge is 2.22. The minimum atomic E-state index is -4.00. The lowest BCUT2D eigenvalue weighted by molar-refractivity contribution is 0.483. The smallest absolute Gasteiger partial charge is 0.241 e. The number of primary sulfonamides is 1. The van der Waals surface area contributed by atoms with Crippen LogP contribution >= 0.6 is 0 Å². The summed E-state index contributed by atoms with van der Waals surface area (Å²) in [4.78, 5) is -0.537. The van der Waals surface area contributed by atoms with Crippen molar-refractivity contribution >= 4 is 10.0 Å². The molecule has 0 aromatic carbocycles. The van der Waals surface area contributed by atoms with E-state index in [0.717, 1.165) is 4.68 Å². The molecule has 0 saturated heterocycles. The second-order valence-corrected chi connectivity index (χ2v) is 3.87. The first-order chi connectivity index (χ1) is 5.34. The average molecular weight is 193 g/mol. The zero-order chi connectivity index (χ0) is 9.52. The summed E-state index contributed by atoms with van der Waals surface area (Å²) < 4.78 is 35.3. The lowest BCUT2D eigenvalue weighted by Gasteiger charge is -1.93. The number of hydrogen-bond acceptors (Lipinski definition) is 3. The molecule has 1 aromatic rings. The van der Waals surface area contributed by atoms with Crippen LogP contribution in [0.2, 0.25) is 0 Å². The highest BCUT2D eigenvalue weighted by atomic mass is 32.2. The SMILES string of the molecule is Cc1nn(C)c(F)c1S(N)(=O)=O. The maximum atomic E-state index is 13.0. The van der Waals surface area contributed by atoms with Gasteiger partial charge in [0.2, 0.25) is 16.0 Å². The molecule has 0 bridgehead atoms. The van der Waals surface area contributed by atoms with E-state index in [-0.39, 0.29) is 5.69 Å². The first-order valence-electron chi connectivity index (χ1n) is 3.06. The van der Waals surface area contributed by atoms with Gasteiger partial charge in [-0.2, -0.15) is 9.49 Å². The van der Waals surface area contributed by atoms with Crippen molar-refractivity contribution in [3.63, 3.8) is 0 Å². The molecule has 0 radical (unpaired) electrons.